The third-order valence-corrected chi connectivity index (χ3v) is 3.85. The molecule has 0 aromatic carbocycles. The van der Waals surface area contributed by atoms with Crippen molar-refractivity contribution in [3.8, 4) is 0 Å². The predicted octanol–water partition coefficient (Wildman–Crippen LogP) is 2.15. The van der Waals surface area contributed by atoms with Crippen LogP contribution in [0.3, 0.4) is 0 Å². The summed E-state index contributed by atoms with van der Waals surface area (Å²) in [5.41, 5.74) is 1.58. The van der Waals surface area contributed by atoms with Crippen LogP contribution in [0.1, 0.15) is 43.2 Å². The average Bonchev–Trinajstić information content (AvgIpc) is 2.52. The van der Waals surface area contributed by atoms with Crippen LogP contribution in [-0.4, -0.2) is 49.0 Å². The third kappa shape index (κ3) is 5.34. The van der Waals surface area contributed by atoms with Gasteiger partial charge >= 0.3 is 0 Å². The smallest absolute Gasteiger partial charge is 0.251 e. The molecular formula is C16H28N4O. The maximum Gasteiger partial charge on any atom is 0.251 e. The van der Waals surface area contributed by atoms with Gasteiger partial charge in [-0.15, -0.1) is 0 Å². The number of rotatable bonds is 8. The van der Waals surface area contributed by atoms with Gasteiger partial charge in [0, 0.05) is 37.4 Å². The standard InChI is InChI=1S/C16H28N4O/c1-6-12(3)20(5)9-8-18-16(21)13-10-14(7-2)19-15(11-13)17-4/h10-12H,6-9H2,1-5H3,(H,17,19)(H,18,21). The van der Waals surface area contributed by atoms with E-state index in [9.17, 15) is 4.79 Å². The molecule has 1 amide bonds. The Labute approximate surface area is 128 Å². The SMILES string of the molecule is CCc1cc(C(=O)NCCN(C)C(C)CC)cc(NC)n1. The van der Waals surface area contributed by atoms with Gasteiger partial charge in [-0.3, -0.25) is 4.79 Å². The average molecular weight is 292 g/mol. The van der Waals surface area contributed by atoms with Crippen LogP contribution in [0, 0.1) is 0 Å². The van der Waals surface area contributed by atoms with E-state index in [0.717, 1.165) is 30.9 Å². The summed E-state index contributed by atoms with van der Waals surface area (Å²) in [7, 11) is 3.89. The second kappa shape index (κ2) is 8.62. The van der Waals surface area contributed by atoms with Crippen LogP contribution >= 0.6 is 0 Å². The lowest BCUT2D eigenvalue weighted by molar-refractivity contribution is 0.0947. The van der Waals surface area contributed by atoms with Crippen molar-refractivity contribution in [2.75, 3.05) is 32.5 Å². The van der Waals surface area contributed by atoms with E-state index in [1.807, 2.05) is 20.0 Å². The van der Waals surface area contributed by atoms with E-state index < -0.39 is 0 Å². The fraction of sp³-hybridized carbons (Fsp3) is 0.625. The first-order valence-corrected chi connectivity index (χ1v) is 7.68. The number of nitrogens with one attached hydrogen (secondary N) is 2. The number of likely N-dealkylation sites (N-methyl/N-ethyl adjacent to an activating group) is 1. The monoisotopic (exact) mass is 292 g/mol. The topological polar surface area (TPSA) is 57.3 Å². The Balaban J connectivity index is 2.59. The molecule has 0 aliphatic carbocycles. The van der Waals surface area contributed by atoms with E-state index in [2.05, 4.69) is 41.4 Å². The molecular weight excluding hydrogens is 264 g/mol. The Kier molecular flexibility index (Phi) is 7.15. The molecule has 1 atom stereocenters. The van der Waals surface area contributed by atoms with E-state index in [1.165, 1.54) is 0 Å². The summed E-state index contributed by atoms with van der Waals surface area (Å²) in [6, 6.07) is 4.17. The van der Waals surface area contributed by atoms with Crippen molar-refractivity contribution < 1.29 is 4.79 Å². The first-order valence-electron chi connectivity index (χ1n) is 7.68. The van der Waals surface area contributed by atoms with Crippen LogP contribution in [-0.2, 0) is 6.42 Å². The highest BCUT2D eigenvalue weighted by Gasteiger charge is 2.10. The van der Waals surface area contributed by atoms with Gasteiger partial charge in [-0.1, -0.05) is 13.8 Å². The highest BCUT2D eigenvalue weighted by molar-refractivity contribution is 5.95. The molecule has 1 heterocycles. The van der Waals surface area contributed by atoms with Gasteiger partial charge in [0.2, 0.25) is 0 Å². The summed E-state index contributed by atoms with van der Waals surface area (Å²) in [4.78, 5) is 18.9. The molecule has 1 aromatic rings. The van der Waals surface area contributed by atoms with Crippen LogP contribution in [0.5, 0.6) is 0 Å². The highest BCUT2D eigenvalue weighted by Crippen LogP contribution is 2.10. The van der Waals surface area contributed by atoms with Gasteiger partial charge in [0.25, 0.3) is 5.91 Å². The van der Waals surface area contributed by atoms with Gasteiger partial charge in [0.15, 0.2) is 0 Å². The van der Waals surface area contributed by atoms with Crippen molar-refractivity contribution in [1.29, 1.82) is 0 Å². The minimum Gasteiger partial charge on any atom is -0.373 e. The number of amides is 1. The largest absolute Gasteiger partial charge is 0.373 e. The van der Waals surface area contributed by atoms with Crippen LogP contribution in [0.2, 0.25) is 0 Å². The number of anilines is 1. The minimum absolute atomic E-state index is 0.0406. The molecule has 1 rings (SSSR count). The lowest BCUT2D eigenvalue weighted by Crippen LogP contribution is -2.37. The van der Waals surface area contributed by atoms with Crippen molar-refractivity contribution >= 4 is 11.7 Å². The molecule has 21 heavy (non-hydrogen) atoms. The minimum atomic E-state index is -0.0406. The Morgan fingerprint density at radius 3 is 2.67 bits per heavy atom. The van der Waals surface area contributed by atoms with E-state index >= 15 is 0 Å². The van der Waals surface area contributed by atoms with Crippen molar-refractivity contribution in [2.45, 2.75) is 39.7 Å². The van der Waals surface area contributed by atoms with Crippen molar-refractivity contribution in [2.24, 2.45) is 0 Å². The predicted molar refractivity (Wildman–Crippen MR) is 87.9 cm³/mol. The molecule has 1 unspecified atom stereocenters. The zero-order valence-electron chi connectivity index (χ0n) is 13.9. The zero-order valence-corrected chi connectivity index (χ0v) is 13.9. The number of hydrogen-bond donors (Lipinski definition) is 2. The quantitative estimate of drug-likeness (QED) is 0.771. The van der Waals surface area contributed by atoms with Gasteiger partial charge in [-0.2, -0.15) is 0 Å². The summed E-state index contributed by atoms with van der Waals surface area (Å²) < 4.78 is 0. The second-order valence-electron chi connectivity index (χ2n) is 5.33. The van der Waals surface area contributed by atoms with E-state index in [4.69, 9.17) is 0 Å². The molecule has 1 aromatic heterocycles. The number of hydrogen-bond acceptors (Lipinski definition) is 4. The van der Waals surface area contributed by atoms with Crippen molar-refractivity contribution in [3.63, 3.8) is 0 Å². The maximum absolute atomic E-state index is 12.2. The summed E-state index contributed by atoms with van der Waals surface area (Å²) in [6.07, 6.45) is 1.92. The summed E-state index contributed by atoms with van der Waals surface area (Å²) in [5, 5.41) is 5.97. The first kappa shape index (κ1) is 17.4. The van der Waals surface area contributed by atoms with Gasteiger partial charge in [0.1, 0.15) is 5.82 Å². The molecule has 0 bridgehead atoms. The van der Waals surface area contributed by atoms with Gasteiger partial charge in [0.05, 0.1) is 0 Å². The normalized spacial score (nSPS) is 12.3. The number of pyridine rings is 1. The Hall–Kier alpha value is -1.62. The van der Waals surface area contributed by atoms with E-state index in [-0.39, 0.29) is 5.91 Å². The molecule has 0 saturated heterocycles. The molecule has 0 fully saturated rings. The summed E-state index contributed by atoms with van der Waals surface area (Å²) in [5.74, 6) is 0.692. The van der Waals surface area contributed by atoms with Gasteiger partial charge < -0.3 is 15.5 Å². The zero-order chi connectivity index (χ0) is 15.8. The van der Waals surface area contributed by atoms with Crippen LogP contribution < -0.4 is 10.6 Å². The molecule has 5 nitrogen and oxygen atoms in total. The van der Waals surface area contributed by atoms with Crippen LogP contribution in [0.4, 0.5) is 5.82 Å². The van der Waals surface area contributed by atoms with Crippen molar-refractivity contribution in [1.82, 2.24) is 15.2 Å². The molecule has 0 radical (unpaired) electrons. The molecule has 0 aliphatic rings. The number of carbonyl (C=O) groups excluding carboxylic acids is 1. The number of nitrogens with zero attached hydrogens (tertiary/aromatic N) is 2. The molecule has 2 N–H and O–H groups in total. The van der Waals surface area contributed by atoms with E-state index in [0.29, 0.717) is 18.2 Å². The maximum atomic E-state index is 12.2. The lowest BCUT2D eigenvalue weighted by atomic mass is 10.2. The third-order valence-electron chi connectivity index (χ3n) is 3.85. The van der Waals surface area contributed by atoms with Crippen molar-refractivity contribution in [3.05, 3.63) is 23.4 Å². The van der Waals surface area contributed by atoms with Gasteiger partial charge in [-0.05, 0) is 38.9 Å². The Morgan fingerprint density at radius 1 is 1.38 bits per heavy atom. The number of carbonyl (C=O) groups is 1. The van der Waals surface area contributed by atoms with Crippen LogP contribution in [0.25, 0.3) is 0 Å². The fourth-order valence-corrected chi connectivity index (χ4v) is 2.01. The number of aryl methyl sites for hydroxylation is 1. The second-order valence-corrected chi connectivity index (χ2v) is 5.33. The van der Waals surface area contributed by atoms with E-state index in [1.54, 1.807) is 6.07 Å². The highest BCUT2D eigenvalue weighted by atomic mass is 16.1. The molecule has 118 valence electrons. The summed E-state index contributed by atoms with van der Waals surface area (Å²) >= 11 is 0. The molecule has 0 saturated carbocycles. The lowest BCUT2D eigenvalue weighted by Gasteiger charge is -2.23. The molecule has 0 aliphatic heterocycles. The summed E-state index contributed by atoms with van der Waals surface area (Å²) in [6.45, 7) is 7.90. The Morgan fingerprint density at radius 2 is 2.10 bits per heavy atom. The van der Waals surface area contributed by atoms with Gasteiger partial charge in [-0.25, -0.2) is 4.98 Å². The molecule has 0 spiro atoms. The first-order chi connectivity index (χ1) is 10.0. The fourth-order valence-electron chi connectivity index (χ4n) is 2.01. The van der Waals surface area contributed by atoms with Crippen LogP contribution in [0.15, 0.2) is 12.1 Å². The molecule has 5 heteroatoms. The number of aromatic nitrogens is 1. The Bertz CT molecular complexity index is 439.